The second kappa shape index (κ2) is 5.54. The van der Waals surface area contributed by atoms with Crippen molar-refractivity contribution in [2.75, 3.05) is 0 Å². The molecule has 0 aliphatic rings. The normalized spacial score (nSPS) is 10.8. The Morgan fingerprint density at radius 3 is 2.86 bits per heavy atom. The maximum absolute atomic E-state index is 11.6. The van der Waals surface area contributed by atoms with Crippen LogP contribution in [0.2, 0.25) is 5.02 Å². The predicted molar refractivity (Wildman–Crippen MR) is 79.2 cm³/mol. The number of aryl methyl sites for hydroxylation is 1. The zero-order valence-electron chi connectivity index (χ0n) is 11.3. The highest BCUT2D eigenvalue weighted by Crippen LogP contribution is 2.20. The molecule has 0 aliphatic heterocycles. The molecule has 0 fully saturated rings. The molecule has 3 aromatic rings. The fourth-order valence-electron chi connectivity index (χ4n) is 1.94. The van der Waals surface area contributed by atoms with E-state index in [0.717, 1.165) is 5.56 Å². The zero-order chi connectivity index (χ0) is 14.8. The lowest BCUT2D eigenvalue weighted by Crippen LogP contribution is -2.14. The van der Waals surface area contributed by atoms with Crippen molar-refractivity contribution >= 4 is 11.6 Å². The molecule has 0 amide bonds. The molecule has 0 unspecified atom stereocenters. The monoisotopic (exact) mass is 301 g/mol. The highest BCUT2D eigenvalue weighted by molar-refractivity contribution is 6.31. The van der Waals surface area contributed by atoms with Gasteiger partial charge in [-0.25, -0.2) is 0 Å². The number of hydrogen-bond acceptors (Lipinski definition) is 4. The van der Waals surface area contributed by atoms with Gasteiger partial charge in [-0.2, -0.15) is 4.98 Å². The predicted octanol–water partition coefficient (Wildman–Crippen LogP) is 2.68. The average molecular weight is 302 g/mol. The summed E-state index contributed by atoms with van der Waals surface area (Å²) in [5.41, 5.74) is 1.41. The molecule has 0 bridgehead atoms. The zero-order valence-corrected chi connectivity index (χ0v) is 12.0. The number of pyridine rings is 1. The van der Waals surface area contributed by atoms with Crippen LogP contribution in [0.4, 0.5) is 0 Å². The van der Waals surface area contributed by atoms with Crippen molar-refractivity contribution in [2.45, 2.75) is 6.42 Å². The molecule has 21 heavy (non-hydrogen) atoms. The minimum atomic E-state index is -0.127. The van der Waals surface area contributed by atoms with Crippen molar-refractivity contribution in [1.82, 2.24) is 14.7 Å². The lowest BCUT2D eigenvalue weighted by atomic mass is 10.1. The number of halogens is 1. The Balaban J connectivity index is 1.88. The quantitative estimate of drug-likeness (QED) is 0.746. The summed E-state index contributed by atoms with van der Waals surface area (Å²) in [6.07, 6.45) is 2.14. The van der Waals surface area contributed by atoms with Gasteiger partial charge in [0.25, 0.3) is 11.4 Å². The van der Waals surface area contributed by atoms with E-state index in [9.17, 15) is 4.79 Å². The van der Waals surface area contributed by atoms with Gasteiger partial charge >= 0.3 is 0 Å². The van der Waals surface area contributed by atoms with Crippen LogP contribution in [0, 0.1) is 0 Å². The Hall–Kier alpha value is -2.40. The topological polar surface area (TPSA) is 60.9 Å². The first-order valence-electron chi connectivity index (χ1n) is 6.36. The van der Waals surface area contributed by atoms with Crippen LogP contribution in [0.3, 0.4) is 0 Å². The summed E-state index contributed by atoms with van der Waals surface area (Å²) in [6, 6.07) is 10.7. The van der Waals surface area contributed by atoms with Crippen molar-refractivity contribution in [3.8, 4) is 11.5 Å². The third-order valence-electron chi connectivity index (χ3n) is 3.13. The van der Waals surface area contributed by atoms with Gasteiger partial charge in [0.1, 0.15) is 0 Å². The fraction of sp³-hybridized carbons (Fsp3) is 0.133. The van der Waals surface area contributed by atoms with Crippen molar-refractivity contribution in [1.29, 1.82) is 0 Å². The summed E-state index contributed by atoms with van der Waals surface area (Å²) in [6.45, 7) is 0. The van der Waals surface area contributed by atoms with Crippen LogP contribution in [0.5, 0.6) is 0 Å². The minimum absolute atomic E-state index is 0.127. The lowest BCUT2D eigenvalue weighted by Gasteiger charge is -1.99. The summed E-state index contributed by atoms with van der Waals surface area (Å²) in [4.78, 5) is 15.9. The van der Waals surface area contributed by atoms with Gasteiger partial charge in [-0.1, -0.05) is 35.0 Å². The molecule has 0 aliphatic carbocycles. The van der Waals surface area contributed by atoms with E-state index in [-0.39, 0.29) is 5.56 Å². The fourth-order valence-corrected chi connectivity index (χ4v) is 2.14. The van der Waals surface area contributed by atoms with Crippen LogP contribution in [0.25, 0.3) is 11.5 Å². The van der Waals surface area contributed by atoms with Crippen LogP contribution in [0.1, 0.15) is 11.4 Å². The van der Waals surface area contributed by atoms with E-state index in [2.05, 4.69) is 10.1 Å². The van der Waals surface area contributed by atoms with Gasteiger partial charge in [0.2, 0.25) is 0 Å². The number of aromatic nitrogens is 3. The second-order valence-electron chi connectivity index (χ2n) is 4.65. The van der Waals surface area contributed by atoms with Crippen LogP contribution in [-0.4, -0.2) is 14.7 Å². The van der Waals surface area contributed by atoms with E-state index in [1.54, 1.807) is 19.3 Å². The van der Waals surface area contributed by atoms with Gasteiger partial charge in [0.15, 0.2) is 5.82 Å². The van der Waals surface area contributed by atoms with Crippen molar-refractivity contribution in [3.63, 3.8) is 0 Å². The first kappa shape index (κ1) is 13.6. The Kier molecular flexibility index (Phi) is 3.58. The Morgan fingerprint density at radius 2 is 2.10 bits per heavy atom. The van der Waals surface area contributed by atoms with E-state index in [1.165, 1.54) is 10.6 Å². The van der Waals surface area contributed by atoms with Gasteiger partial charge in [-0.3, -0.25) is 4.79 Å². The minimum Gasteiger partial charge on any atom is -0.334 e. The number of hydrogen-bond donors (Lipinski definition) is 0. The molecule has 0 saturated heterocycles. The van der Waals surface area contributed by atoms with Crippen molar-refractivity contribution in [2.24, 2.45) is 7.05 Å². The molecule has 1 aromatic carbocycles. The van der Waals surface area contributed by atoms with Gasteiger partial charge in [-0.15, -0.1) is 0 Å². The third kappa shape index (κ3) is 2.87. The van der Waals surface area contributed by atoms with Crippen LogP contribution < -0.4 is 5.56 Å². The Morgan fingerprint density at radius 1 is 1.29 bits per heavy atom. The van der Waals surface area contributed by atoms with Gasteiger partial charge in [-0.05, 0) is 17.7 Å². The first-order valence-corrected chi connectivity index (χ1v) is 6.74. The maximum Gasteiger partial charge on any atom is 0.258 e. The van der Waals surface area contributed by atoms with Crippen LogP contribution in [-0.2, 0) is 13.5 Å². The van der Waals surface area contributed by atoms with Crippen molar-refractivity contribution < 1.29 is 4.52 Å². The molecule has 2 aromatic heterocycles. The van der Waals surface area contributed by atoms with E-state index in [0.29, 0.717) is 28.7 Å². The third-order valence-corrected chi connectivity index (χ3v) is 3.49. The molecule has 0 radical (unpaired) electrons. The highest BCUT2D eigenvalue weighted by Gasteiger charge is 2.11. The molecule has 6 heteroatoms. The summed E-state index contributed by atoms with van der Waals surface area (Å²) in [7, 11) is 1.68. The molecule has 2 heterocycles. The highest BCUT2D eigenvalue weighted by atomic mass is 35.5. The SMILES string of the molecule is Cn1ccc(-c2nc(Cc3ccccc3Cl)no2)cc1=O. The van der Waals surface area contributed by atoms with E-state index in [4.69, 9.17) is 16.1 Å². The number of nitrogens with zero attached hydrogens (tertiary/aromatic N) is 3. The molecular weight excluding hydrogens is 290 g/mol. The van der Waals surface area contributed by atoms with Gasteiger partial charge < -0.3 is 9.09 Å². The van der Waals surface area contributed by atoms with Crippen LogP contribution in [0.15, 0.2) is 51.9 Å². The average Bonchev–Trinajstić information content (AvgIpc) is 2.93. The Bertz CT molecular complexity index is 839. The summed E-state index contributed by atoms with van der Waals surface area (Å²) in [5, 5.41) is 4.59. The number of rotatable bonds is 3. The molecule has 3 rings (SSSR count). The van der Waals surface area contributed by atoms with E-state index in [1.807, 2.05) is 24.3 Å². The molecule has 5 nitrogen and oxygen atoms in total. The largest absolute Gasteiger partial charge is 0.334 e. The summed E-state index contributed by atoms with van der Waals surface area (Å²) in [5.74, 6) is 0.855. The standard InChI is InChI=1S/C15H12ClN3O2/c1-19-7-6-11(9-14(19)20)15-17-13(18-21-15)8-10-4-2-3-5-12(10)16/h2-7,9H,8H2,1H3. The van der Waals surface area contributed by atoms with Crippen molar-refractivity contribution in [3.05, 3.63) is 69.4 Å². The molecule has 0 spiro atoms. The smallest absolute Gasteiger partial charge is 0.258 e. The Labute approximate surface area is 125 Å². The van der Waals surface area contributed by atoms with E-state index >= 15 is 0 Å². The molecule has 0 N–H and O–H groups in total. The molecule has 0 atom stereocenters. The maximum atomic E-state index is 11.6. The van der Waals surface area contributed by atoms with E-state index < -0.39 is 0 Å². The molecular formula is C15H12ClN3O2. The molecule has 0 saturated carbocycles. The van der Waals surface area contributed by atoms with Crippen LogP contribution >= 0.6 is 11.6 Å². The molecule has 106 valence electrons. The number of benzene rings is 1. The summed E-state index contributed by atoms with van der Waals surface area (Å²) >= 11 is 6.11. The summed E-state index contributed by atoms with van der Waals surface area (Å²) < 4.78 is 6.68. The lowest BCUT2D eigenvalue weighted by molar-refractivity contribution is 0.424. The second-order valence-corrected chi connectivity index (χ2v) is 5.06. The first-order chi connectivity index (χ1) is 10.1. The van der Waals surface area contributed by atoms with Gasteiger partial charge in [0.05, 0.1) is 0 Å². The van der Waals surface area contributed by atoms with Gasteiger partial charge in [0, 0.05) is 36.3 Å².